The molecule has 0 aliphatic heterocycles. The number of nitrogens with zero attached hydrogens (tertiary/aromatic N) is 1. The van der Waals surface area contributed by atoms with Gasteiger partial charge in [-0.05, 0) is 44.4 Å². The average Bonchev–Trinajstić information content (AvgIpc) is 2.41. The quantitative estimate of drug-likeness (QED) is 0.911. The minimum absolute atomic E-state index is 0.0252. The minimum atomic E-state index is 0.0252. The Morgan fingerprint density at radius 2 is 2.00 bits per heavy atom. The summed E-state index contributed by atoms with van der Waals surface area (Å²) >= 11 is 0. The van der Waals surface area contributed by atoms with Crippen molar-refractivity contribution in [1.82, 2.24) is 4.57 Å². The van der Waals surface area contributed by atoms with Crippen molar-refractivity contribution >= 4 is 16.5 Å². The van der Waals surface area contributed by atoms with Crippen LogP contribution in [0.15, 0.2) is 35.3 Å². The molecule has 0 radical (unpaired) electrons. The van der Waals surface area contributed by atoms with E-state index >= 15 is 0 Å². The first-order valence-electron chi connectivity index (χ1n) is 6.95. The smallest absolute Gasteiger partial charge is 0.258 e. The summed E-state index contributed by atoms with van der Waals surface area (Å²) in [7, 11) is 1.76. The third-order valence-corrected chi connectivity index (χ3v) is 3.17. The summed E-state index contributed by atoms with van der Waals surface area (Å²) in [6.07, 6.45) is 2.01. The lowest BCUT2D eigenvalue weighted by Crippen LogP contribution is -2.24. The van der Waals surface area contributed by atoms with Gasteiger partial charge in [0, 0.05) is 30.4 Å². The van der Waals surface area contributed by atoms with Gasteiger partial charge in [-0.3, -0.25) is 4.79 Å². The first-order chi connectivity index (χ1) is 9.47. The van der Waals surface area contributed by atoms with Crippen LogP contribution in [0.1, 0.15) is 20.8 Å². The van der Waals surface area contributed by atoms with Gasteiger partial charge in [0.2, 0.25) is 0 Å². The SMILES string of the molecule is CC(COC(C)C)Nc1ccc2ccn(C)c(=O)c2c1. The number of rotatable bonds is 5. The van der Waals surface area contributed by atoms with Crippen molar-refractivity contribution in [2.45, 2.75) is 32.9 Å². The first-order valence-corrected chi connectivity index (χ1v) is 6.95. The molecule has 0 saturated carbocycles. The van der Waals surface area contributed by atoms with Crippen LogP contribution in [-0.4, -0.2) is 23.3 Å². The number of nitrogens with one attached hydrogen (secondary N) is 1. The molecule has 0 aliphatic rings. The summed E-state index contributed by atoms with van der Waals surface area (Å²) in [4.78, 5) is 12.1. The predicted octanol–water partition coefficient (Wildman–Crippen LogP) is 2.76. The molecule has 0 aliphatic carbocycles. The molecule has 1 N–H and O–H groups in total. The third-order valence-electron chi connectivity index (χ3n) is 3.17. The van der Waals surface area contributed by atoms with Crippen LogP contribution in [0.3, 0.4) is 0 Å². The summed E-state index contributed by atoms with van der Waals surface area (Å²) in [5.74, 6) is 0. The Labute approximate surface area is 119 Å². The van der Waals surface area contributed by atoms with Crippen LogP contribution in [-0.2, 0) is 11.8 Å². The molecule has 0 spiro atoms. The highest BCUT2D eigenvalue weighted by Crippen LogP contribution is 2.16. The normalized spacial score (nSPS) is 12.8. The van der Waals surface area contributed by atoms with E-state index in [1.807, 2.05) is 38.1 Å². The largest absolute Gasteiger partial charge is 0.380 e. The number of ether oxygens (including phenoxy) is 1. The van der Waals surface area contributed by atoms with E-state index in [1.165, 1.54) is 0 Å². The maximum Gasteiger partial charge on any atom is 0.258 e. The summed E-state index contributed by atoms with van der Waals surface area (Å²) < 4.78 is 7.17. The van der Waals surface area contributed by atoms with E-state index in [1.54, 1.807) is 17.8 Å². The lowest BCUT2D eigenvalue weighted by atomic mass is 10.1. The molecule has 20 heavy (non-hydrogen) atoms. The second-order valence-electron chi connectivity index (χ2n) is 5.46. The summed E-state index contributed by atoms with van der Waals surface area (Å²) in [5, 5.41) is 5.06. The fraction of sp³-hybridized carbons (Fsp3) is 0.438. The minimum Gasteiger partial charge on any atom is -0.380 e. The Hall–Kier alpha value is -1.81. The van der Waals surface area contributed by atoms with Gasteiger partial charge in [0.15, 0.2) is 0 Å². The van der Waals surface area contributed by atoms with E-state index in [4.69, 9.17) is 4.74 Å². The second kappa shape index (κ2) is 6.09. The molecule has 1 aromatic carbocycles. The molecule has 2 rings (SSSR count). The van der Waals surface area contributed by atoms with Gasteiger partial charge in [-0.15, -0.1) is 0 Å². The number of hydrogen-bond acceptors (Lipinski definition) is 3. The Bertz CT molecular complexity index is 646. The zero-order chi connectivity index (χ0) is 14.7. The monoisotopic (exact) mass is 274 g/mol. The van der Waals surface area contributed by atoms with E-state index in [9.17, 15) is 4.79 Å². The third kappa shape index (κ3) is 3.39. The molecule has 4 heteroatoms. The molecule has 0 fully saturated rings. The van der Waals surface area contributed by atoms with E-state index in [2.05, 4.69) is 12.2 Å². The lowest BCUT2D eigenvalue weighted by Gasteiger charge is -2.17. The summed E-state index contributed by atoms with van der Waals surface area (Å²) in [6, 6.07) is 8.01. The molecule has 1 aromatic heterocycles. The first kappa shape index (κ1) is 14.6. The van der Waals surface area contributed by atoms with E-state index in [0.29, 0.717) is 6.61 Å². The van der Waals surface area contributed by atoms with E-state index in [0.717, 1.165) is 16.5 Å². The van der Waals surface area contributed by atoms with Crippen molar-refractivity contribution in [2.75, 3.05) is 11.9 Å². The highest BCUT2D eigenvalue weighted by molar-refractivity contribution is 5.84. The number of anilines is 1. The van der Waals surface area contributed by atoms with Crippen LogP contribution in [0.2, 0.25) is 0 Å². The molecular formula is C16H22N2O2. The Balaban J connectivity index is 2.19. The fourth-order valence-electron chi connectivity index (χ4n) is 2.09. The van der Waals surface area contributed by atoms with Gasteiger partial charge in [0.05, 0.1) is 12.7 Å². The number of aromatic nitrogens is 1. The Morgan fingerprint density at radius 1 is 1.25 bits per heavy atom. The van der Waals surface area contributed by atoms with Crippen LogP contribution in [0.4, 0.5) is 5.69 Å². The van der Waals surface area contributed by atoms with Crippen LogP contribution in [0, 0.1) is 0 Å². The van der Waals surface area contributed by atoms with Gasteiger partial charge < -0.3 is 14.6 Å². The van der Waals surface area contributed by atoms with Crippen LogP contribution in [0.5, 0.6) is 0 Å². The molecule has 1 heterocycles. The van der Waals surface area contributed by atoms with Crippen molar-refractivity contribution in [2.24, 2.45) is 7.05 Å². The molecular weight excluding hydrogens is 252 g/mol. The number of aryl methyl sites for hydroxylation is 1. The van der Waals surface area contributed by atoms with Gasteiger partial charge in [-0.2, -0.15) is 0 Å². The molecule has 0 saturated heterocycles. The van der Waals surface area contributed by atoms with Crippen molar-refractivity contribution in [3.8, 4) is 0 Å². The molecule has 4 nitrogen and oxygen atoms in total. The molecule has 2 aromatic rings. The number of fused-ring (bicyclic) bond motifs is 1. The summed E-state index contributed by atoms with van der Waals surface area (Å²) in [5.41, 5.74) is 0.970. The van der Waals surface area contributed by atoms with Crippen LogP contribution >= 0.6 is 0 Å². The summed E-state index contributed by atoms with van der Waals surface area (Å²) in [6.45, 7) is 6.75. The van der Waals surface area contributed by atoms with Gasteiger partial charge in [0.25, 0.3) is 5.56 Å². The number of benzene rings is 1. The van der Waals surface area contributed by atoms with E-state index in [-0.39, 0.29) is 17.7 Å². The zero-order valence-electron chi connectivity index (χ0n) is 12.5. The van der Waals surface area contributed by atoms with Crippen molar-refractivity contribution in [3.05, 3.63) is 40.8 Å². The Kier molecular flexibility index (Phi) is 4.45. The van der Waals surface area contributed by atoms with Gasteiger partial charge in [0.1, 0.15) is 0 Å². The van der Waals surface area contributed by atoms with Gasteiger partial charge >= 0.3 is 0 Å². The van der Waals surface area contributed by atoms with Crippen molar-refractivity contribution in [1.29, 1.82) is 0 Å². The van der Waals surface area contributed by atoms with Crippen LogP contribution in [0.25, 0.3) is 10.8 Å². The topological polar surface area (TPSA) is 43.3 Å². The molecule has 0 amide bonds. The lowest BCUT2D eigenvalue weighted by molar-refractivity contribution is 0.0743. The average molecular weight is 274 g/mol. The molecule has 1 unspecified atom stereocenters. The standard InChI is InChI=1S/C16H22N2O2/c1-11(2)20-10-12(3)17-14-6-5-13-7-8-18(4)16(19)15(13)9-14/h5-9,11-12,17H,10H2,1-4H3. The van der Waals surface area contributed by atoms with Crippen molar-refractivity contribution in [3.63, 3.8) is 0 Å². The molecule has 108 valence electrons. The Morgan fingerprint density at radius 3 is 2.70 bits per heavy atom. The fourth-order valence-corrected chi connectivity index (χ4v) is 2.09. The molecule has 1 atom stereocenters. The van der Waals surface area contributed by atoms with Crippen molar-refractivity contribution < 1.29 is 4.74 Å². The maximum atomic E-state index is 12.1. The van der Waals surface area contributed by atoms with Gasteiger partial charge in [-0.1, -0.05) is 6.07 Å². The highest BCUT2D eigenvalue weighted by Gasteiger charge is 2.06. The number of pyridine rings is 1. The van der Waals surface area contributed by atoms with Gasteiger partial charge in [-0.25, -0.2) is 0 Å². The number of hydrogen-bond donors (Lipinski definition) is 1. The second-order valence-corrected chi connectivity index (χ2v) is 5.46. The maximum absolute atomic E-state index is 12.1. The zero-order valence-corrected chi connectivity index (χ0v) is 12.5. The predicted molar refractivity (Wildman–Crippen MR) is 83.4 cm³/mol. The molecule has 0 bridgehead atoms. The van der Waals surface area contributed by atoms with E-state index < -0.39 is 0 Å². The van der Waals surface area contributed by atoms with Crippen LogP contribution < -0.4 is 10.9 Å². The highest BCUT2D eigenvalue weighted by atomic mass is 16.5.